The van der Waals surface area contributed by atoms with Crippen molar-refractivity contribution in [1.82, 2.24) is 0 Å². The van der Waals surface area contributed by atoms with Crippen LogP contribution in [0.15, 0.2) is 63.3 Å². The van der Waals surface area contributed by atoms with Crippen LogP contribution in [0.5, 0.6) is 0 Å². The molecule has 0 saturated heterocycles. The lowest BCUT2D eigenvalue weighted by Crippen LogP contribution is -2.03. The van der Waals surface area contributed by atoms with Gasteiger partial charge in [-0.25, -0.2) is 4.79 Å². The molecule has 2 aromatic rings. The summed E-state index contributed by atoms with van der Waals surface area (Å²) < 4.78 is 37.2. The normalized spacial score (nSPS) is 10.9. The molecule has 0 aliphatic heterocycles. The summed E-state index contributed by atoms with van der Waals surface area (Å²) in [5.41, 5.74) is -0.186. The van der Waals surface area contributed by atoms with Crippen molar-refractivity contribution in [3.8, 4) is 0 Å². The first-order valence-corrected chi connectivity index (χ1v) is 6.34. The summed E-state index contributed by atoms with van der Waals surface area (Å²) >= 11 is 1.33. The van der Waals surface area contributed by atoms with Crippen molar-refractivity contribution < 1.29 is 18.0 Å². The zero-order valence-corrected chi connectivity index (χ0v) is 10.8. The molecule has 0 fully saturated rings. The smallest absolute Gasteiger partial charge is 0.211 e. The summed E-state index contributed by atoms with van der Waals surface area (Å²) in [6, 6.07) is 11.7. The molecule has 2 aromatic carbocycles. The SMILES string of the molecule is O=C=Nc1ccc(Sc2ccc(C(F)(F)F)cc2)cc1. The Morgan fingerprint density at radius 3 is 1.85 bits per heavy atom. The fraction of sp³-hybridized carbons (Fsp3) is 0.0714. The number of aliphatic imine (C=N–C) groups is 1. The van der Waals surface area contributed by atoms with Gasteiger partial charge in [0.1, 0.15) is 0 Å². The lowest BCUT2D eigenvalue weighted by Gasteiger charge is -2.07. The highest BCUT2D eigenvalue weighted by Crippen LogP contribution is 2.33. The number of alkyl halides is 3. The Kier molecular flexibility index (Phi) is 4.27. The maximum atomic E-state index is 12.4. The van der Waals surface area contributed by atoms with E-state index < -0.39 is 11.7 Å². The molecule has 2 rings (SSSR count). The first-order chi connectivity index (χ1) is 9.49. The molecule has 2 nitrogen and oxygen atoms in total. The molecule has 0 radical (unpaired) electrons. The predicted octanol–water partition coefficient (Wildman–Crippen LogP) is 4.82. The van der Waals surface area contributed by atoms with Crippen LogP contribution < -0.4 is 0 Å². The van der Waals surface area contributed by atoms with Crippen LogP contribution in [-0.2, 0) is 11.0 Å². The van der Waals surface area contributed by atoms with E-state index in [0.29, 0.717) is 10.6 Å². The van der Waals surface area contributed by atoms with Gasteiger partial charge in [-0.05, 0) is 48.5 Å². The van der Waals surface area contributed by atoms with Gasteiger partial charge in [0.25, 0.3) is 0 Å². The Morgan fingerprint density at radius 2 is 1.40 bits per heavy atom. The molecule has 0 N–H and O–H groups in total. The number of isocyanates is 1. The van der Waals surface area contributed by atoms with Crippen LogP contribution in [-0.4, -0.2) is 6.08 Å². The highest BCUT2D eigenvalue weighted by Gasteiger charge is 2.29. The molecule has 0 heterocycles. The minimum absolute atomic E-state index is 0.483. The molecule has 0 bridgehead atoms. The van der Waals surface area contributed by atoms with Gasteiger partial charge in [-0.15, -0.1) is 0 Å². The molecular weight excluding hydrogens is 287 g/mol. The van der Waals surface area contributed by atoms with E-state index >= 15 is 0 Å². The Morgan fingerprint density at radius 1 is 0.900 bits per heavy atom. The van der Waals surface area contributed by atoms with Gasteiger partial charge >= 0.3 is 6.18 Å². The minimum Gasteiger partial charge on any atom is -0.211 e. The summed E-state index contributed by atoms with van der Waals surface area (Å²) in [5.74, 6) is 0. The van der Waals surface area contributed by atoms with Crippen molar-refractivity contribution >= 4 is 23.5 Å². The standard InChI is InChI=1S/C14H8F3NOS/c15-14(16,17)10-1-5-12(6-2-10)20-13-7-3-11(4-8-13)18-9-19/h1-8H. The van der Waals surface area contributed by atoms with Gasteiger partial charge < -0.3 is 0 Å². The topological polar surface area (TPSA) is 29.4 Å². The fourth-order valence-corrected chi connectivity index (χ4v) is 2.31. The quantitative estimate of drug-likeness (QED) is 0.600. The average Bonchev–Trinajstić information content (AvgIpc) is 2.41. The second-order valence-electron chi connectivity index (χ2n) is 3.82. The van der Waals surface area contributed by atoms with Crippen molar-refractivity contribution in [2.45, 2.75) is 16.0 Å². The van der Waals surface area contributed by atoms with Crippen molar-refractivity contribution in [3.63, 3.8) is 0 Å². The number of nitrogens with zero attached hydrogens (tertiary/aromatic N) is 1. The Labute approximate surface area is 117 Å². The van der Waals surface area contributed by atoms with Crippen molar-refractivity contribution in [3.05, 3.63) is 54.1 Å². The van der Waals surface area contributed by atoms with E-state index in [-0.39, 0.29) is 0 Å². The van der Waals surface area contributed by atoms with Crippen LogP contribution in [0.2, 0.25) is 0 Å². The van der Waals surface area contributed by atoms with Gasteiger partial charge in [0.05, 0.1) is 11.3 Å². The van der Waals surface area contributed by atoms with Crippen LogP contribution in [0, 0.1) is 0 Å². The predicted molar refractivity (Wildman–Crippen MR) is 69.8 cm³/mol. The molecule has 0 amide bonds. The lowest BCUT2D eigenvalue weighted by atomic mass is 10.2. The van der Waals surface area contributed by atoms with Crippen molar-refractivity contribution in [2.75, 3.05) is 0 Å². The van der Waals surface area contributed by atoms with E-state index in [1.807, 2.05) is 0 Å². The number of benzene rings is 2. The maximum Gasteiger partial charge on any atom is 0.416 e. The van der Waals surface area contributed by atoms with E-state index in [9.17, 15) is 18.0 Å². The molecule has 0 saturated carbocycles. The third-order valence-corrected chi connectivity index (χ3v) is 3.44. The van der Waals surface area contributed by atoms with E-state index in [1.54, 1.807) is 24.3 Å². The first kappa shape index (κ1) is 14.4. The number of hydrogen-bond acceptors (Lipinski definition) is 3. The van der Waals surface area contributed by atoms with Crippen molar-refractivity contribution in [1.29, 1.82) is 0 Å². The molecule has 102 valence electrons. The van der Waals surface area contributed by atoms with E-state index in [1.165, 1.54) is 30.0 Å². The lowest BCUT2D eigenvalue weighted by molar-refractivity contribution is -0.137. The number of carbonyl (C=O) groups excluding carboxylic acids is 1. The molecular formula is C14H8F3NOS. The van der Waals surface area contributed by atoms with Crippen LogP contribution >= 0.6 is 11.8 Å². The molecule has 0 unspecified atom stereocenters. The summed E-state index contributed by atoms with van der Waals surface area (Å²) in [4.78, 5) is 15.1. The van der Waals surface area contributed by atoms with E-state index in [2.05, 4.69) is 4.99 Å². The zero-order valence-electron chi connectivity index (χ0n) is 10.0. The van der Waals surface area contributed by atoms with Gasteiger partial charge in [-0.1, -0.05) is 11.8 Å². The minimum atomic E-state index is -4.32. The number of halogens is 3. The second-order valence-corrected chi connectivity index (χ2v) is 4.97. The summed E-state index contributed by atoms with van der Waals surface area (Å²) in [6.07, 6.45) is -2.89. The summed E-state index contributed by atoms with van der Waals surface area (Å²) in [5, 5.41) is 0. The molecule has 0 spiro atoms. The maximum absolute atomic E-state index is 12.4. The zero-order chi connectivity index (χ0) is 14.6. The largest absolute Gasteiger partial charge is 0.416 e. The number of rotatable bonds is 3. The molecule has 0 aliphatic carbocycles. The fourth-order valence-electron chi connectivity index (χ4n) is 1.49. The third kappa shape index (κ3) is 3.73. The number of hydrogen-bond donors (Lipinski definition) is 0. The third-order valence-electron chi connectivity index (χ3n) is 2.43. The second kappa shape index (κ2) is 5.94. The van der Waals surface area contributed by atoms with Crippen LogP contribution in [0.3, 0.4) is 0 Å². The molecule has 20 heavy (non-hydrogen) atoms. The summed E-state index contributed by atoms with van der Waals surface area (Å²) in [6.45, 7) is 0. The average molecular weight is 295 g/mol. The monoisotopic (exact) mass is 295 g/mol. The Hall–Kier alpha value is -2.04. The van der Waals surface area contributed by atoms with Gasteiger partial charge in [-0.3, -0.25) is 0 Å². The van der Waals surface area contributed by atoms with Crippen molar-refractivity contribution in [2.24, 2.45) is 4.99 Å². The summed E-state index contributed by atoms with van der Waals surface area (Å²) in [7, 11) is 0. The Balaban J connectivity index is 2.12. The van der Waals surface area contributed by atoms with Gasteiger partial charge in [0, 0.05) is 9.79 Å². The van der Waals surface area contributed by atoms with Crippen LogP contribution in [0.1, 0.15) is 5.56 Å². The highest BCUT2D eigenvalue weighted by atomic mass is 32.2. The molecule has 0 aliphatic rings. The van der Waals surface area contributed by atoms with Gasteiger partial charge in [0.15, 0.2) is 0 Å². The van der Waals surface area contributed by atoms with Gasteiger partial charge in [0.2, 0.25) is 6.08 Å². The Bertz CT molecular complexity index is 629. The molecule has 6 heteroatoms. The van der Waals surface area contributed by atoms with Crippen LogP contribution in [0.4, 0.5) is 18.9 Å². The van der Waals surface area contributed by atoms with Gasteiger partial charge in [-0.2, -0.15) is 18.2 Å². The first-order valence-electron chi connectivity index (χ1n) is 5.52. The molecule has 0 atom stereocenters. The molecule has 0 aromatic heterocycles. The highest BCUT2D eigenvalue weighted by molar-refractivity contribution is 7.99. The van der Waals surface area contributed by atoms with E-state index in [0.717, 1.165) is 17.0 Å². The van der Waals surface area contributed by atoms with Crippen LogP contribution in [0.25, 0.3) is 0 Å². The van der Waals surface area contributed by atoms with E-state index in [4.69, 9.17) is 0 Å².